The van der Waals surface area contributed by atoms with E-state index in [4.69, 9.17) is 4.74 Å². The largest absolute Gasteiger partial charge is 0.497 e. The third kappa shape index (κ3) is 4.52. The molecule has 0 saturated heterocycles. The van der Waals surface area contributed by atoms with E-state index in [-0.39, 0.29) is 11.9 Å². The summed E-state index contributed by atoms with van der Waals surface area (Å²) in [6, 6.07) is 13.5. The standard InChI is InChI=1S/C16H17N3O3/c1-11(20)17-13-4-3-5-14(10-13)19-16(21)18-12-6-8-15(22-2)9-7-12/h3-10H,1-2H3,(H,17,20)(H2,18,19,21). The molecule has 2 aromatic rings. The van der Waals surface area contributed by atoms with E-state index in [0.29, 0.717) is 22.8 Å². The second kappa shape index (κ2) is 7.12. The van der Waals surface area contributed by atoms with E-state index in [2.05, 4.69) is 16.0 Å². The highest BCUT2D eigenvalue weighted by Gasteiger charge is 2.04. The molecule has 0 heterocycles. The predicted molar refractivity (Wildman–Crippen MR) is 86.4 cm³/mol. The highest BCUT2D eigenvalue weighted by molar-refractivity contribution is 6.00. The lowest BCUT2D eigenvalue weighted by molar-refractivity contribution is -0.114. The van der Waals surface area contributed by atoms with Crippen molar-refractivity contribution in [3.8, 4) is 5.75 Å². The number of rotatable bonds is 4. The molecule has 0 bridgehead atoms. The molecule has 0 fully saturated rings. The van der Waals surface area contributed by atoms with Crippen LogP contribution in [0.3, 0.4) is 0 Å². The molecule has 0 aliphatic carbocycles. The first-order valence-corrected chi connectivity index (χ1v) is 6.66. The Bertz CT molecular complexity index is 669. The van der Waals surface area contributed by atoms with Crippen molar-refractivity contribution in [3.05, 3.63) is 48.5 Å². The van der Waals surface area contributed by atoms with E-state index in [1.807, 2.05) is 0 Å². The average molecular weight is 299 g/mol. The summed E-state index contributed by atoms with van der Waals surface area (Å²) in [7, 11) is 1.58. The van der Waals surface area contributed by atoms with Gasteiger partial charge in [0, 0.05) is 24.0 Å². The number of hydrogen-bond donors (Lipinski definition) is 3. The van der Waals surface area contributed by atoms with Gasteiger partial charge in [-0.15, -0.1) is 0 Å². The van der Waals surface area contributed by atoms with Gasteiger partial charge in [0.15, 0.2) is 0 Å². The lowest BCUT2D eigenvalue weighted by Gasteiger charge is -2.09. The van der Waals surface area contributed by atoms with Gasteiger partial charge in [0.1, 0.15) is 5.75 Å². The van der Waals surface area contributed by atoms with Gasteiger partial charge in [0.05, 0.1) is 7.11 Å². The summed E-state index contributed by atoms with van der Waals surface area (Å²) < 4.78 is 5.05. The SMILES string of the molecule is COc1ccc(NC(=O)Nc2cccc(NC(C)=O)c2)cc1. The Morgan fingerprint density at radius 2 is 1.45 bits per heavy atom. The van der Waals surface area contributed by atoms with Crippen LogP contribution in [0.1, 0.15) is 6.92 Å². The Morgan fingerprint density at radius 3 is 2.05 bits per heavy atom. The van der Waals surface area contributed by atoms with Crippen molar-refractivity contribution >= 4 is 29.0 Å². The number of carbonyl (C=O) groups is 2. The minimum Gasteiger partial charge on any atom is -0.497 e. The molecule has 2 rings (SSSR count). The van der Waals surface area contributed by atoms with Crippen LogP contribution >= 0.6 is 0 Å². The molecule has 0 atom stereocenters. The zero-order chi connectivity index (χ0) is 15.9. The summed E-state index contributed by atoms with van der Waals surface area (Å²) in [6.07, 6.45) is 0. The summed E-state index contributed by atoms with van der Waals surface area (Å²) in [4.78, 5) is 22.9. The fourth-order valence-electron chi connectivity index (χ4n) is 1.85. The fourth-order valence-corrected chi connectivity index (χ4v) is 1.85. The van der Waals surface area contributed by atoms with E-state index in [0.717, 1.165) is 0 Å². The van der Waals surface area contributed by atoms with Gasteiger partial charge in [-0.05, 0) is 42.5 Å². The van der Waals surface area contributed by atoms with Crippen molar-refractivity contribution < 1.29 is 14.3 Å². The Labute approximate surface area is 128 Å². The third-order valence-corrected chi connectivity index (χ3v) is 2.79. The predicted octanol–water partition coefficient (Wildman–Crippen LogP) is 3.30. The highest BCUT2D eigenvalue weighted by Crippen LogP contribution is 2.17. The second-order valence-electron chi connectivity index (χ2n) is 4.57. The molecule has 6 nitrogen and oxygen atoms in total. The first-order valence-electron chi connectivity index (χ1n) is 6.66. The van der Waals surface area contributed by atoms with Crippen LogP contribution in [0.2, 0.25) is 0 Å². The molecule has 2 aromatic carbocycles. The average Bonchev–Trinajstić information content (AvgIpc) is 2.47. The molecule has 0 aliphatic rings. The summed E-state index contributed by atoms with van der Waals surface area (Å²) in [5, 5.41) is 8.07. The van der Waals surface area contributed by atoms with Gasteiger partial charge in [-0.25, -0.2) is 4.79 Å². The Morgan fingerprint density at radius 1 is 0.864 bits per heavy atom. The second-order valence-corrected chi connectivity index (χ2v) is 4.57. The quantitative estimate of drug-likeness (QED) is 0.810. The molecule has 0 radical (unpaired) electrons. The van der Waals surface area contributed by atoms with Gasteiger partial charge in [-0.2, -0.15) is 0 Å². The number of methoxy groups -OCH3 is 1. The summed E-state index contributed by atoms with van der Waals surface area (Å²) in [6.45, 7) is 1.43. The monoisotopic (exact) mass is 299 g/mol. The molecule has 3 N–H and O–H groups in total. The Hall–Kier alpha value is -3.02. The van der Waals surface area contributed by atoms with Crippen molar-refractivity contribution in [2.75, 3.05) is 23.1 Å². The fraction of sp³-hybridized carbons (Fsp3) is 0.125. The molecule has 6 heteroatoms. The molecule has 114 valence electrons. The van der Waals surface area contributed by atoms with Crippen LogP contribution < -0.4 is 20.7 Å². The van der Waals surface area contributed by atoms with Crippen LogP contribution in [0.25, 0.3) is 0 Å². The molecule has 0 spiro atoms. The summed E-state index contributed by atoms with van der Waals surface area (Å²) >= 11 is 0. The molecule has 0 aliphatic heterocycles. The van der Waals surface area contributed by atoms with Crippen molar-refractivity contribution in [2.45, 2.75) is 6.92 Å². The number of benzene rings is 2. The lowest BCUT2D eigenvalue weighted by atomic mass is 10.2. The van der Waals surface area contributed by atoms with Crippen LogP contribution in [0.5, 0.6) is 5.75 Å². The minimum absolute atomic E-state index is 0.167. The number of nitrogens with one attached hydrogen (secondary N) is 3. The van der Waals surface area contributed by atoms with E-state index in [1.165, 1.54) is 6.92 Å². The minimum atomic E-state index is -0.370. The normalized spacial score (nSPS) is 9.73. The molecular weight excluding hydrogens is 282 g/mol. The molecule has 0 aromatic heterocycles. The highest BCUT2D eigenvalue weighted by atomic mass is 16.5. The van der Waals surface area contributed by atoms with Crippen LogP contribution in [0.4, 0.5) is 21.9 Å². The van der Waals surface area contributed by atoms with E-state index in [9.17, 15) is 9.59 Å². The van der Waals surface area contributed by atoms with Crippen LogP contribution in [0, 0.1) is 0 Å². The van der Waals surface area contributed by atoms with Gasteiger partial charge in [-0.1, -0.05) is 6.07 Å². The maximum absolute atomic E-state index is 11.9. The van der Waals surface area contributed by atoms with Gasteiger partial charge >= 0.3 is 6.03 Å². The summed E-state index contributed by atoms with van der Waals surface area (Å²) in [5.41, 5.74) is 1.85. The van der Waals surface area contributed by atoms with Crippen molar-refractivity contribution in [2.24, 2.45) is 0 Å². The van der Waals surface area contributed by atoms with Gasteiger partial charge < -0.3 is 20.7 Å². The smallest absolute Gasteiger partial charge is 0.323 e. The first-order chi connectivity index (χ1) is 10.6. The Kier molecular flexibility index (Phi) is 4.98. The van der Waals surface area contributed by atoms with Crippen molar-refractivity contribution in [3.63, 3.8) is 0 Å². The number of anilines is 3. The zero-order valence-electron chi connectivity index (χ0n) is 12.3. The van der Waals surface area contributed by atoms with E-state index < -0.39 is 0 Å². The summed E-state index contributed by atoms with van der Waals surface area (Å²) in [5.74, 6) is 0.550. The maximum Gasteiger partial charge on any atom is 0.323 e. The zero-order valence-corrected chi connectivity index (χ0v) is 12.3. The van der Waals surface area contributed by atoms with Gasteiger partial charge in [0.2, 0.25) is 5.91 Å². The van der Waals surface area contributed by atoms with Crippen LogP contribution in [-0.2, 0) is 4.79 Å². The topological polar surface area (TPSA) is 79.5 Å². The Balaban J connectivity index is 1.97. The van der Waals surface area contributed by atoms with Crippen LogP contribution in [-0.4, -0.2) is 19.0 Å². The molecule has 0 unspecified atom stereocenters. The molecule has 22 heavy (non-hydrogen) atoms. The number of hydrogen-bond acceptors (Lipinski definition) is 3. The lowest BCUT2D eigenvalue weighted by Crippen LogP contribution is -2.19. The van der Waals surface area contributed by atoms with Crippen molar-refractivity contribution in [1.82, 2.24) is 0 Å². The number of amides is 3. The third-order valence-electron chi connectivity index (χ3n) is 2.79. The number of urea groups is 1. The molecule has 0 saturated carbocycles. The maximum atomic E-state index is 11.9. The van der Waals surface area contributed by atoms with Gasteiger partial charge in [-0.3, -0.25) is 4.79 Å². The van der Waals surface area contributed by atoms with Crippen LogP contribution in [0.15, 0.2) is 48.5 Å². The van der Waals surface area contributed by atoms with E-state index >= 15 is 0 Å². The number of ether oxygens (including phenoxy) is 1. The molecular formula is C16H17N3O3. The van der Waals surface area contributed by atoms with E-state index in [1.54, 1.807) is 55.6 Å². The first kappa shape index (κ1) is 15.4. The van der Waals surface area contributed by atoms with Crippen molar-refractivity contribution in [1.29, 1.82) is 0 Å². The number of carbonyl (C=O) groups excluding carboxylic acids is 2. The van der Waals surface area contributed by atoms with Gasteiger partial charge in [0.25, 0.3) is 0 Å². The molecule has 3 amide bonds.